The van der Waals surface area contributed by atoms with Gasteiger partial charge in [0.05, 0.1) is 4.90 Å². The molecule has 0 aliphatic rings. The van der Waals surface area contributed by atoms with Crippen LogP contribution in [0, 0.1) is 6.92 Å². The third-order valence-electron chi connectivity index (χ3n) is 2.79. The lowest BCUT2D eigenvalue weighted by molar-refractivity contribution is 0.597. The zero-order chi connectivity index (χ0) is 14.6. The molecule has 7 heteroatoms. The van der Waals surface area contributed by atoms with Gasteiger partial charge in [0, 0.05) is 17.6 Å². The van der Waals surface area contributed by atoms with Crippen LogP contribution < -0.4 is 10.5 Å². The second-order valence-electron chi connectivity index (χ2n) is 4.50. The van der Waals surface area contributed by atoms with Crippen molar-refractivity contribution in [2.24, 2.45) is 5.14 Å². The Bertz CT molecular complexity index is 663. The summed E-state index contributed by atoms with van der Waals surface area (Å²) in [4.78, 5) is 4.52. The molecule has 0 bridgehead atoms. The summed E-state index contributed by atoms with van der Waals surface area (Å²) in [6.45, 7) is 3.55. The molecule has 108 valence electrons. The van der Waals surface area contributed by atoms with Gasteiger partial charge in [-0.05, 0) is 37.6 Å². The molecular formula is C13H17N3O2S2. The highest BCUT2D eigenvalue weighted by Crippen LogP contribution is 2.10. The fourth-order valence-corrected chi connectivity index (χ4v) is 3.01. The van der Waals surface area contributed by atoms with Crippen molar-refractivity contribution in [2.45, 2.75) is 24.8 Å². The Morgan fingerprint density at radius 3 is 2.55 bits per heavy atom. The Morgan fingerprint density at radius 1 is 1.30 bits per heavy atom. The van der Waals surface area contributed by atoms with E-state index in [2.05, 4.69) is 10.3 Å². The molecule has 0 atom stereocenters. The van der Waals surface area contributed by atoms with E-state index >= 15 is 0 Å². The van der Waals surface area contributed by atoms with E-state index in [0.29, 0.717) is 0 Å². The van der Waals surface area contributed by atoms with Crippen molar-refractivity contribution < 1.29 is 8.42 Å². The number of benzene rings is 1. The molecule has 1 heterocycles. The lowest BCUT2D eigenvalue weighted by Gasteiger charge is -2.04. The van der Waals surface area contributed by atoms with Crippen molar-refractivity contribution in [2.75, 3.05) is 6.54 Å². The number of hydrogen-bond acceptors (Lipinski definition) is 5. The number of aryl methyl sites for hydroxylation is 1. The minimum absolute atomic E-state index is 0.146. The van der Waals surface area contributed by atoms with Gasteiger partial charge in [0.2, 0.25) is 10.0 Å². The van der Waals surface area contributed by atoms with Crippen molar-refractivity contribution in [1.29, 1.82) is 0 Å². The third-order valence-corrected chi connectivity index (χ3v) is 4.68. The average molecular weight is 311 g/mol. The summed E-state index contributed by atoms with van der Waals surface area (Å²) < 4.78 is 22.2. The van der Waals surface area contributed by atoms with Crippen LogP contribution in [0.3, 0.4) is 0 Å². The number of sulfonamides is 1. The van der Waals surface area contributed by atoms with Crippen LogP contribution in [-0.4, -0.2) is 19.9 Å². The van der Waals surface area contributed by atoms with E-state index in [9.17, 15) is 8.42 Å². The number of nitrogens with two attached hydrogens (primary N) is 1. The molecule has 2 aromatic rings. The van der Waals surface area contributed by atoms with Gasteiger partial charge in [0.25, 0.3) is 0 Å². The maximum absolute atomic E-state index is 11.1. The van der Waals surface area contributed by atoms with Crippen LogP contribution in [0.15, 0.2) is 34.5 Å². The fourth-order valence-electron chi connectivity index (χ4n) is 1.76. The molecule has 0 aliphatic carbocycles. The number of primary sulfonamides is 1. The van der Waals surface area contributed by atoms with E-state index in [0.717, 1.165) is 35.8 Å². The number of rotatable bonds is 6. The second-order valence-corrected chi connectivity index (χ2v) is 7.00. The molecule has 1 aromatic heterocycles. The quantitative estimate of drug-likeness (QED) is 0.790. The van der Waals surface area contributed by atoms with Crippen LogP contribution in [0.1, 0.15) is 16.3 Å². The molecule has 0 saturated heterocycles. The van der Waals surface area contributed by atoms with Crippen LogP contribution >= 0.6 is 11.3 Å². The summed E-state index contributed by atoms with van der Waals surface area (Å²) in [6.07, 6.45) is 0.829. The first-order valence-electron chi connectivity index (χ1n) is 6.18. The monoisotopic (exact) mass is 311 g/mol. The van der Waals surface area contributed by atoms with Gasteiger partial charge in [0.15, 0.2) is 0 Å². The molecule has 0 amide bonds. The number of aromatic nitrogens is 1. The summed E-state index contributed by atoms with van der Waals surface area (Å²) in [6, 6.07) is 6.65. The molecule has 1 aromatic carbocycles. The van der Waals surface area contributed by atoms with Gasteiger partial charge in [-0.3, -0.25) is 0 Å². The second kappa shape index (κ2) is 6.45. The molecule has 5 nitrogen and oxygen atoms in total. The Balaban J connectivity index is 1.80. The van der Waals surface area contributed by atoms with Crippen molar-refractivity contribution in [1.82, 2.24) is 10.3 Å². The Labute approximate surface area is 122 Å². The van der Waals surface area contributed by atoms with E-state index in [1.165, 1.54) is 12.1 Å². The van der Waals surface area contributed by atoms with Crippen molar-refractivity contribution in [3.8, 4) is 0 Å². The smallest absolute Gasteiger partial charge is 0.238 e. The molecule has 0 saturated carbocycles. The molecule has 0 radical (unpaired) electrons. The molecule has 0 fully saturated rings. The highest BCUT2D eigenvalue weighted by molar-refractivity contribution is 7.89. The van der Waals surface area contributed by atoms with Gasteiger partial charge < -0.3 is 5.32 Å². The predicted molar refractivity (Wildman–Crippen MR) is 80.1 cm³/mol. The largest absolute Gasteiger partial charge is 0.310 e. The van der Waals surface area contributed by atoms with E-state index in [1.807, 2.05) is 12.3 Å². The molecule has 3 N–H and O–H groups in total. The number of hydrogen-bond donors (Lipinski definition) is 2. The van der Waals surface area contributed by atoms with Gasteiger partial charge in [0.1, 0.15) is 5.01 Å². The maximum atomic E-state index is 11.1. The van der Waals surface area contributed by atoms with Gasteiger partial charge in [-0.2, -0.15) is 0 Å². The van der Waals surface area contributed by atoms with Gasteiger partial charge >= 0.3 is 0 Å². The highest BCUT2D eigenvalue weighted by Gasteiger charge is 2.06. The molecular weight excluding hydrogens is 294 g/mol. The molecule has 20 heavy (non-hydrogen) atoms. The van der Waals surface area contributed by atoms with E-state index < -0.39 is 10.0 Å². The van der Waals surface area contributed by atoms with Crippen LogP contribution in [-0.2, 0) is 23.0 Å². The minimum Gasteiger partial charge on any atom is -0.310 e. The molecule has 0 spiro atoms. The summed E-state index contributed by atoms with van der Waals surface area (Å²) in [5.74, 6) is 0. The van der Waals surface area contributed by atoms with Gasteiger partial charge in [-0.25, -0.2) is 18.5 Å². The van der Waals surface area contributed by atoms with Gasteiger partial charge in [-0.15, -0.1) is 11.3 Å². The number of thiazole rings is 1. The van der Waals surface area contributed by atoms with Crippen LogP contribution in [0.5, 0.6) is 0 Å². The normalized spacial score (nSPS) is 11.7. The lowest BCUT2D eigenvalue weighted by atomic mass is 10.1. The number of nitrogens with zero attached hydrogens (tertiary/aromatic N) is 1. The Hall–Kier alpha value is -1.28. The van der Waals surface area contributed by atoms with E-state index in [4.69, 9.17) is 5.14 Å². The first kappa shape index (κ1) is 15.1. The highest BCUT2D eigenvalue weighted by atomic mass is 32.2. The van der Waals surface area contributed by atoms with Crippen molar-refractivity contribution >= 4 is 21.4 Å². The first-order valence-corrected chi connectivity index (χ1v) is 8.61. The lowest BCUT2D eigenvalue weighted by Crippen LogP contribution is -2.16. The molecule has 0 aliphatic heterocycles. The third kappa shape index (κ3) is 4.38. The Morgan fingerprint density at radius 2 is 2.00 bits per heavy atom. The summed E-state index contributed by atoms with van der Waals surface area (Å²) in [5, 5.41) is 11.5. The zero-order valence-electron chi connectivity index (χ0n) is 11.2. The van der Waals surface area contributed by atoms with Crippen molar-refractivity contribution in [3.63, 3.8) is 0 Å². The van der Waals surface area contributed by atoms with E-state index in [-0.39, 0.29) is 4.90 Å². The first-order chi connectivity index (χ1) is 9.45. The summed E-state index contributed by atoms with van der Waals surface area (Å²) in [5.41, 5.74) is 2.12. The topological polar surface area (TPSA) is 85.1 Å². The van der Waals surface area contributed by atoms with Crippen LogP contribution in [0.25, 0.3) is 0 Å². The summed E-state index contributed by atoms with van der Waals surface area (Å²) >= 11 is 1.65. The summed E-state index contributed by atoms with van der Waals surface area (Å²) in [7, 11) is -3.60. The van der Waals surface area contributed by atoms with E-state index in [1.54, 1.807) is 23.5 Å². The SMILES string of the molecule is Cc1csc(CNCCc2ccc(S(N)(=O)=O)cc2)n1. The average Bonchev–Trinajstić information content (AvgIpc) is 2.80. The molecule has 2 rings (SSSR count). The Kier molecular flexibility index (Phi) is 4.87. The van der Waals surface area contributed by atoms with Crippen molar-refractivity contribution in [3.05, 3.63) is 45.9 Å². The van der Waals surface area contributed by atoms with Crippen LogP contribution in [0.2, 0.25) is 0 Å². The van der Waals surface area contributed by atoms with Gasteiger partial charge in [-0.1, -0.05) is 12.1 Å². The van der Waals surface area contributed by atoms with Crippen LogP contribution in [0.4, 0.5) is 0 Å². The maximum Gasteiger partial charge on any atom is 0.238 e. The zero-order valence-corrected chi connectivity index (χ0v) is 12.8. The standard InChI is InChI=1S/C13H17N3O2S2/c1-10-9-19-13(16-10)8-15-7-6-11-2-4-12(5-3-11)20(14,17)18/h2-5,9,15H,6-8H2,1H3,(H2,14,17,18). The predicted octanol–water partition coefficient (Wildman–Crippen LogP) is 1.43. The molecule has 0 unspecified atom stereocenters. The number of nitrogens with one attached hydrogen (secondary N) is 1. The minimum atomic E-state index is -3.60. The fraction of sp³-hybridized carbons (Fsp3) is 0.308.